The number of imide groups is 1. The first-order valence-corrected chi connectivity index (χ1v) is 11.6. The van der Waals surface area contributed by atoms with Gasteiger partial charge < -0.3 is 14.8 Å². The van der Waals surface area contributed by atoms with Gasteiger partial charge in [0.2, 0.25) is 0 Å². The Morgan fingerprint density at radius 2 is 1.74 bits per heavy atom. The molecule has 3 amide bonds. The second kappa shape index (κ2) is 10.1. The SMILES string of the molecule is COc1cc(/C=C2/NC(=O)N(Cc3ccc(C)cc3)C2=O)cc(Br)c1OCc1cccc(C)c1. The number of hydrogen-bond donors (Lipinski definition) is 1. The van der Waals surface area contributed by atoms with E-state index < -0.39 is 6.03 Å². The van der Waals surface area contributed by atoms with Gasteiger partial charge in [-0.15, -0.1) is 0 Å². The van der Waals surface area contributed by atoms with Crippen LogP contribution in [0, 0.1) is 13.8 Å². The van der Waals surface area contributed by atoms with Crippen molar-refractivity contribution in [2.75, 3.05) is 7.11 Å². The summed E-state index contributed by atoms with van der Waals surface area (Å²) < 4.78 is 12.2. The lowest BCUT2D eigenvalue weighted by Gasteiger charge is -2.14. The number of benzene rings is 3. The van der Waals surface area contributed by atoms with Crippen LogP contribution in [-0.4, -0.2) is 23.9 Å². The molecule has 0 bridgehead atoms. The second-order valence-electron chi connectivity index (χ2n) is 8.18. The van der Waals surface area contributed by atoms with E-state index in [9.17, 15) is 9.59 Å². The van der Waals surface area contributed by atoms with Crippen LogP contribution in [0.3, 0.4) is 0 Å². The highest BCUT2D eigenvalue weighted by Gasteiger charge is 2.33. The molecule has 1 heterocycles. The molecule has 1 N–H and O–H groups in total. The lowest BCUT2D eigenvalue weighted by atomic mass is 10.1. The van der Waals surface area contributed by atoms with E-state index in [4.69, 9.17) is 9.47 Å². The summed E-state index contributed by atoms with van der Waals surface area (Å²) in [5.74, 6) is 0.705. The Kier molecular flexibility index (Phi) is 7.03. The van der Waals surface area contributed by atoms with Gasteiger partial charge in [0, 0.05) is 0 Å². The first-order chi connectivity index (χ1) is 16.3. The van der Waals surface area contributed by atoms with E-state index in [1.807, 2.05) is 62.4 Å². The van der Waals surface area contributed by atoms with Gasteiger partial charge in [-0.3, -0.25) is 9.69 Å². The Hall–Kier alpha value is -3.58. The van der Waals surface area contributed by atoms with E-state index in [0.29, 0.717) is 28.1 Å². The quantitative estimate of drug-likeness (QED) is 0.318. The Labute approximate surface area is 207 Å². The van der Waals surface area contributed by atoms with Gasteiger partial charge in [-0.05, 0) is 64.7 Å². The molecule has 34 heavy (non-hydrogen) atoms. The number of carbonyl (C=O) groups is 2. The molecule has 6 nitrogen and oxygen atoms in total. The number of aryl methyl sites for hydroxylation is 2. The number of nitrogens with zero attached hydrogens (tertiary/aromatic N) is 1. The minimum absolute atomic E-state index is 0.208. The molecular weight excluding hydrogens is 496 g/mol. The summed E-state index contributed by atoms with van der Waals surface area (Å²) in [5, 5.41) is 2.67. The van der Waals surface area contributed by atoms with Gasteiger partial charge in [0.1, 0.15) is 12.3 Å². The van der Waals surface area contributed by atoms with Gasteiger partial charge in [0.05, 0.1) is 18.1 Å². The van der Waals surface area contributed by atoms with Crippen LogP contribution in [0.5, 0.6) is 11.5 Å². The van der Waals surface area contributed by atoms with Crippen LogP contribution in [0.25, 0.3) is 6.08 Å². The summed E-state index contributed by atoms with van der Waals surface area (Å²) in [4.78, 5) is 26.5. The van der Waals surface area contributed by atoms with Gasteiger partial charge >= 0.3 is 6.03 Å². The topological polar surface area (TPSA) is 67.9 Å². The third-order valence-corrected chi connectivity index (χ3v) is 6.04. The summed E-state index contributed by atoms with van der Waals surface area (Å²) in [5.41, 5.74) is 5.11. The summed E-state index contributed by atoms with van der Waals surface area (Å²) in [6.07, 6.45) is 1.63. The molecule has 0 spiro atoms. The van der Waals surface area contributed by atoms with Crippen molar-refractivity contribution in [2.24, 2.45) is 0 Å². The van der Waals surface area contributed by atoms with E-state index in [1.54, 1.807) is 19.3 Å². The van der Waals surface area contributed by atoms with Crippen LogP contribution in [0.15, 0.2) is 70.8 Å². The Balaban J connectivity index is 1.53. The highest BCUT2D eigenvalue weighted by molar-refractivity contribution is 9.10. The molecule has 3 aromatic carbocycles. The van der Waals surface area contributed by atoms with E-state index in [1.165, 1.54) is 4.90 Å². The van der Waals surface area contributed by atoms with Gasteiger partial charge in [0.25, 0.3) is 5.91 Å². The number of hydrogen-bond acceptors (Lipinski definition) is 4. The zero-order chi connectivity index (χ0) is 24.2. The Morgan fingerprint density at radius 1 is 0.971 bits per heavy atom. The molecule has 0 atom stereocenters. The first kappa shape index (κ1) is 23.6. The van der Waals surface area contributed by atoms with E-state index in [-0.39, 0.29) is 18.1 Å². The standard InChI is InChI=1S/C27H25BrN2O4/c1-17-7-9-19(10-8-17)15-30-26(31)23(29-27(30)32)13-21-12-22(28)25(24(14-21)33-3)34-16-20-6-4-5-18(2)11-20/h4-14H,15-16H2,1-3H3,(H,29,32)/b23-13+. The molecule has 0 aliphatic carbocycles. The van der Waals surface area contributed by atoms with Crippen molar-refractivity contribution in [3.63, 3.8) is 0 Å². The van der Waals surface area contributed by atoms with Crippen LogP contribution in [0.2, 0.25) is 0 Å². The lowest BCUT2D eigenvalue weighted by molar-refractivity contribution is -0.123. The average Bonchev–Trinajstić information content (AvgIpc) is 3.06. The summed E-state index contributed by atoms with van der Waals surface area (Å²) in [7, 11) is 1.56. The van der Waals surface area contributed by atoms with Gasteiger partial charge in [-0.1, -0.05) is 59.7 Å². The number of ether oxygens (including phenoxy) is 2. The van der Waals surface area contributed by atoms with Crippen LogP contribution in [-0.2, 0) is 17.9 Å². The molecule has 7 heteroatoms. The third-order valence-electron chi connectivity index (χ3n) is 5.45. The zero-order valence-electron chi connectivity index (χ0n) is 19.2. The van der Waals surface area contributed by atoms with Crippen LogP contribution < -0.4 is 14.8 Å². The molecule has 1 saturated heterocycles. The normalized spacial score (nSPS) is 14.5. The molecule has 0 radical (unpaired) electrons. The highest BCUT2D eigenvalue weighted by atomic mass is 79.9. The van der Waals surface area contributed by atoms with Gasteiger partial charge in [-0.2, -0.15) is 0 Å². The molecule has 4 rings (SSSR count). The molecule has 1 fully saturated rings. The smallest absolute Gasteiger partial charge is 0.329 e. The first-order valence-electron chi connectivity index (χ1n) is 10.8. The van der Waals surface area contributed by atoms with E-state index in [2.05, 4.69) is 27.3 Å². The Morgan fingerprint density at radius 3 is 2.44 bits per heavy atom. The minimum atomic E-state index is -0.444. The van der Waals surface area contributed by atoms with Crippen molar-refractivity contribution in [3.05, 3.63) is 98.7 Å². The lowest BCUT2D eigenvalue weighted by Crippen LogP contribution is -2.30. The maximum absolute atomic E-state index is 12.9. The maximum Gasteiger partial charge on any atom is 0.329 e. The summed E-state index contributed by atoms with van der Waals surface area (Å²) >= 11 is 3.55. The number of rotatable bonds is 7. The molecule has 1 aliphatic heterocycles. The molecule has 0 aromatic heterocycles. The van der Waals surface area contributed by atoms with Crippen molar-refractivity contribution >= 4 is 33.9 Å². The minimum Gasteiger partial charge on any atom is -0.493 e. The number of nitrogens with one attached hydrogen (secondary N) is 1. The maximum atomic E-state index is 12.9. The fourth-order valence-corrected chi connectivity index (χ4v) is 4.25. The summed E-state index contributed by atoms with van der Waals surface area (Å²) in [6, 6.07) is 19.0. The van der Waals surface area contributed by atoms with Gasteiger partial charge in [-0.25, -0.2) is 4.79 Å². The fourth-order valence-electron chi connectivity index (χ4n) is 3.68. The van der Waals surface area contributed by atoms with Crippen molar-refractivity contribution in [1.29, 1.82) is 0 Å². The molecule has 3 aromatic rings. The molecule has 0 saturated carbocycles. The van der Waals surface area contributed by atoms with Crippen molar-refractivity contribution in [3.8, 4) is 11.5 Å². The number of carbonyl (C=O) groups excluding carboxylic acids is 2. The summed E-state index contributed by atoms with van der Waals surface area (Å²) in [6.45, 7) is 4.62. The van der Waals surface area contributed by atoms with Gasteiger partial charge in [0.15, 0.2) is 11.5 Å². The van der Waals surface area contributed by atoms with Crippen LogP contribution >= 0.6 is 15.9 Å². The average molecular weight is 521 g/mol. The number of halogens is 1. The van der Waals surface area contributed by atoms with Crippen molar-refractivity contribution in [2.45, 2.75) is 27.0 Å². The monoisotopic (exact) mass is 520 g/mol. The predicted octanol–water partition coefficient (Wildman–Crippen LogP) is 5.75. The number of amides is 3. The molecular formula is C27H25BrN2O4. The second-order valence-corrected chi connectivity index (χ2v) is 9.03. The predicted molar refractivity (Wildman–Crippen MR) is 134 cm³/mol. The highest BCUT2D eigenvalue weighted by Crippen LogP contribution is 2.38. The third kappa shape index (κ3) is 5.31. The molecule has 174 valence electrons. The van der Waals surface area contributed by atoms with Crippen LogP contribution in [0.4, 0.5) is 4.79 Å². The van der Waals surface area contributed by atoms with E-state index >= 15 is 0 Å². The number of urea groups is 1. The fraction of sp³-hybridized carbons (Fsp3) is 0.185. The number of methoxy groups -OCH3 is 1. The molecule has 0 unspecified atom stereocenters. The van der Waals surface area contributed by atoms with Crippen molar-refractivity contribution in [1.82, 2.24) is 10.2 Å². The Bertz CT molecular complexity index is 1270. The largest absolute Gasteiger partial charge is 0.493 e. The molecule has 1 aliphatic rings. The van der Waals surface area contributed by atoms with Crippen molar-refractivity contribution < 1.29 is 19.1 Å². The zero-order valence-corrected chi connectivity index (χ0v) is 20.8. The van der Waals surface area contributed by atoms with Crippen LogP contribution in [0.1, 0.15) is 27.8 Å². The van der Waals surface area contributed by atoms with E-state index in [0.717, 1.165) is 22.3 Å².